The fourth-order valence-electron chi connectivity index (χ4n) is 0.718. The van der Waals surface area contributed by atoms with Crippen LogP contribution in [-0.2, 0) is 14.6 Å². The first-order valence-electron chi connectivity index (χ1n) is 3.25. The van der Waals surface area contributed by atoms with E-state index in [9.17, 15) is 13.2 Å². The van der Waals surface area contributed by atoms with Crippen LogP contribution < -0.4 is 0 Å². The second kappa shape index (κ2) is 5.47. The Bertz CT molecular complexity index is 399. The van der Waals surface area contributed by atoms with Gasteiger partial charge in [0.15, 0.2) is 0 Å². The summed E-state index contributed by atoms with van der Waals surface area (Å²) in [6.07, 6.45) is 0. The van der Waals surface area contributed by atoms with Crippen molar-refractivity contribution in [3.05, 3.63) is 35.9 Å². The third kappa shape index (κ3) is 4.73. The van der Waals surface area contributed by atoms with Gasteiger partial charge in [0, 0.05) is 29.6 Å². The SMILES string of the molecule is O=C(OS(=O)(=O)O)c1ccccc1.[Na]. The maximum absolute atomic E-state index is 10.9. The summed E-state index contributed by atoms with van der Waals surface area (Å²) in [5, 5.41) is 0. The molecule has 1 aromatic carbocycles. The van der Waals surface area contributed by atoms with Crippen molar-refractivity contribution in [2.75, 3.05) is 0 Å². The Morgan fingerprint density at radius 1 is 1.21 bits per heavy atom. The van der Waals surface area contributed by atoms with Crippen molar-refractivity contribution >= 4 is 45.9 Å². The summed E-state index contributed by atoms with van der Waals surface area (Å²) in [7, 11) is -4.72. The zero-order valence-corrected chi connectivity index (χ0v) is 10.2. The van der Waals surface area contributed by atoms with Gasteiger partial charge in [-0.2, -0.15) is 8.42 Å². The summed E-state index contributed by atoms with van der Waals surface area (Å²) < 4.78 is 32.1. The fraction of sp³-hybridized carbons (Fsp3) is 0. The smallest absolute Gasteiger partial charge is 0.320 e. The molecule has 0 spiro atoms. The van der Waals surface area contributed by atoms with Crippen molar-refractivity contribution in [2.24, 2.45) is 0 Å². The fourth-order valence-corrected chi connectivity index (χ4v) is 1.01. The molecule has 0 saturated heterocycles. The predicted molar refractivity (Wildman–Crippen MR) is 49.2 cm³/mol. The zero-order chi connectivity index (χ0) is 9.90. The molecule has 14 heavy (non-hydrogen) atoms. The molecular weight excluding hydrogens is 219 g/mol. The average Bonchev–Trinajstić information content (AvgIpc) is 2.03. The van der Waals surface area contributed by atoms with Crippen molar-refractivity contribution in [2.45, 2.75) is 0 Å². The van der Waals surface area contributed by atoms with Gasteiger partial charge in [-0.15, -0.1) is 0 Å². The maximum Gasteiger partial charge on any atom is 0.449 e. The van der Waals surface area contributed by atoms with Crippen molar-refractivity contribution in [1.82, 2.24) is 0 Å². The number of benzene rings is 1. The summed E-state index contributed by atoms with van der Waals surface area (Å²) in [6.45, 7) is 0. The van der Waals surface area contributed by atoms with Crippen molar-refractivity contribution < 1.29 is 21.9 Å². The molecule has 0 heterocycles. The summed E-state index contributed by atoms with van der Waals surface area (Å²) in [5.74, 6) is -1.11. The van der Waals surface area contributed by atoms with Gasteiger partial charge < -0.3 is 4.18 Å². The Labute approximate surface area is 103 Å². The number of carbonyl (C=O) groups excluding carboxylic acids is 1. The largest absolute Gasteiger partial charge is 0.449 e. The maximum atomic E-state index is 10.9. The molecule has 0 amide bonds. The van der Waals surface area contributed by atoms with Crippen LogP contribution in [0, 0.1) is 0 Å². The standard InChI is InChI=1S/C7H6O5S.Na/c8-7(12-13(9,10)11)6-4-2-1-3-5-6;/h1-5H,(H,9,10,11);. The summed E-state index contributed by atoms with van der Waals surface area (Å²) in [5.41, 5.74) is 0.0557. The van der Waals surface area contributed by atoms with Gasteiger partial charge in [0.25, 0.3) is 0 Å². The van der Waals surface area contributed by atoms with E-state index in [1.54, 1.807) is 18.2 Å². The Hall–Kier alpha value is -0.400. The molecule has 0 saturated carbocycles. The van der Waals surface area contributed by atoms with E-state index < -0.39 is 16.4 Å². The minimum absolute atomic E-state index is 0. The third-order valence-corrected chi connectivity index (χ3v) is 1.55. The van der Waals surface area contributed by atoms with E-state index in [0.717, 1.165) is 0 Å². The number of hydrogen-bond donors (Lipinski definition) is 1. The normalized spacial score (nSPS) is 10.1. The van der Waals surface area contributed by atoms with E-state index in [1.807, 2.05) is 0 Å². The van der Waals surface area contributed by atoms with Crippen LogP contribution in [0.1, 0.15) is 10.4 Å². The molecule has 1 radical (unpaired) electrons. The van der Waals surface area contributed by atoms with Crippen LogP contribution in [-0.4, -0.2) is 48.5 Å². The second-order valence-electron chi connectivity index (χ2n) is 2.16. The summed E-state index contributed by atoms with van der Waals surface area (Å²) >= 11 is 0. The van der Waals surface area contributed by atoms with Gasteiger partial charge in [-0.3, -0.25) is 4.55 Å². The third-order valence-electron chi connectivity index (χ3n) is 1.19. The zero-order valence-electron chi connectivity index (χ0n) is 7.38. The van der Waals surface area contributed by atoms with Crippen LogP contribution in [0.25, 0.3) is 0 Å². The predicted octanol–water partition coefficient (Wildman–Crippen LogP) is 0.265. The van der Waals surface area contributed by atoms with E-state index in [4.69, 9.17) is 4.55 Å². The number of hydrogen-bond acceptors (Lipinski definition) is 4. The first kappa shape index (κ1) is 13.6. The van der Waals surface area contributed by atoms with E-state index >= 15 is 0 Å². The molecule has 0 bridgehead atoms. The summed E-state index contributed by atoms with van der Waals surface area (Å²) in [6, 6.07) is 7.48. The van der Waals surface area contributed by atoms with E-state index in [1.165, 1.54) is 12.1 Å². The monoisotopic (exact) mass is 225 g/mol. The minimum Gasteiger partial charge on any atom is -0.320 e. The molecule has 0 aliphatic carbocycles. The van der Waals surface area contributed by atoms with Gasteiger partial charge in [-0.1, -0.05) is 18.2 Å². The van der Waals surface area contributed by atoms with Crippen LogP contribution in [0.15, 0.2) is 30.3 Å². The van der Waals surface area contributed by atoms with Crippen molar-refractivity contribution in [3.8, 4) is 0 Å². The van der Waals surface area contributed by atoms with Crippen LogP contribution in [0.3, 0.4) is 0 Å². The van der Waals surface area contributed by atoms with Gasteiger partial charge in [0.05, 0.1) is 5.56 Å². The van der Waals surface area contributed by atoms with E-state index in [0.29, 0.717) is 0 Å². The van der Waals surface area contributed by atoms with Gasteiger partial charge in [0.2, 0.25) is 0 Å². The Kier molecular flexibility index (Phi) is 5.32. The number of carbonyl (C=O) groups is 1. The van der Waals surface area contributed by atoms with Crippen molar-refractivity contribution in [1.29, 1.82) is 0 Å². The molecule has 0 aliphatic heterocycles. The number of rotatable bonds is 2. The molecule has 0 fully saturated rings. The average molecular weight is 225 g/mol. The Morgan fingerprint density at radius 2 is 1.71 bits per heavy atom. The topological polar surface area (TPSA) is 80.7 Å². The van der Waals surface area contributed by atoms with Gasteiger partial charge in [-0.05, 0) is 12.1 Å². The van der Waals surface area contributed by atoms with Crippen LogP contribution in [0.5, 0.6) is 0 Å². The molecular formula is C7H6NaO5S. The van der Waals surface area contributed by atoms with E-state index in [-0.39, 0.29) is 35.1 Å². The van der Waals surface area contributed by atoms with Gasteiger partial charge in [0.1, 0.15) is 0 Å². The summed E-state index contributed by atoms with van der Waals surface area (Å²) in [4.78, 5) is 10.9. The van der Waals surface area contributed by atoms with Crippen LogP contribution in [0.2, 0.25) is 0 Å². The first-order chi connectivity index (χ1) is 5.99. The van der Waals surface area contributed by atoms with Crippen LogP contribution in [0.4, 0.5) is 0 Å². The molecule has 0 unspecified atom stereocenters. The molecule has 0 aliphatic rings. The molecule has 1 rings (SSSR count). The first-order valence-corrected chi connectivity index (χ1v) is 4.62. The quantitative estimate of drug-likeness (QED) is 0.577. The Balaban J connectivity index is 0.00000169. The van der Waals surface area contributed by atoms with Crippen molar-refractivity contribution in [3.63, 3.8) is 0 Å². The Morgan fingerprint density at radius 3 is 2.14 bits per heavy atom. The van der Waals surface area contributed by atoms with Gasteiger partial charge >= 0.3 is 16.4 Å². The molecule has 1 aromatic rings. The molecule has 1 N–H and O–H groups in total. The molecule has 5 nitrogen and oxygen atoms in total. The van der Waals surface area contributed by atoms with E-state index in [2.05, 4.69) is 4.18 Å². The molecule has 0 aromatic heterocycles. The minimum atomic E-state index is -4.72. The van der Waals surface area contributed by atoms with Gasteiger partial charge in [-0.25, -0.2) is 4.79 Å². The molecule has 71 valence electrons. The molecule has 0 atom stereocenters. The molecule has 7 heteroatoms. The van der Waals surface area contributed by atoms with Crippen LogP contribution >= 0.6 is 0 Å². The second-order valence-corrected chi connectivity index (χ2v) is 3.19.